The van der Waals surface area contributed by atoms with E-state index in [-0.39, 0.29) is 12.8 Å². The number of fused-ring (bicyclic) bond motifs is 1. The average molecular weight is 330 g/mol. The summed E-state index contributed by atoms with van der Waals surface area (Å²) in [7, 11) is 0. The molecule has 1 aliphatic rings. The van der Waals surface area contributed by atoms with Crippen LogP contribution in [0.25, 0.3) is 0 Å². The lowest BCUT2D eigenvalue weighted by Crippen LogP contribution is -2.12. The number of carbonyl (C=O) groups excluding carboxylic acids is 1. The summed E-state index contributed by atoms with van der Waals surface area (Å²) in [6, 6.07) is 8.86. The Morgan fingerprint density at radius 3 is 2.92 bits per heavy atom. The molecule has 2 aromatic rings. The Labute approximate surface area is 139 Å². The molecule has 0 atom stereocenters. The molecule has 1 aromatic heterocycles. The van der Waals surface area contributed by atoms with Crippen LogP contribution in [-0.2, 0) is 4.74 Å². The van der Waals surface area contributed by atoms with Gasteiger partial charge < -0.3 is 24.3 Å². The van der Waals surface area contributed by atoms with Crippen LogP contribution in [0.1, 0.15) is 17.3 Å². The number of esters is 1. The van der Waals surface area contributed by atoms with E-state index in [1.54, 1.807) is 25.1 Å². The van der Waals surface area contributed by atoms with Crippen molar-refractivity contribution >= 4 is 11.8 Å². The molecule has 0 saturated heterocycles. The van der Waals surface area contributed by atoms with Crippen LogP contribution in [-0.4, -0.2) is 37.5 Å². The fourth-order valence-electron chi connectivity index (χ4n) is 2.15. The van der Waals surface area contributed by atoms with Crippen LogP contribution in [0.15, 0.2) is 36.5 Å². The molecule has 24 heavy (non-hydrogen) atoms. The van der Waals surface area contributed by atoms with E-state index in [9.17, 15) is 4.79 Å². The quantitative estimate of drug-likeness (QED) is 0.617. The molecule has 0 fully saturated rings. The molecular weight excluding hydrogens is 312 g/mol. The first-order valence-corrected chi connectivity index (χ1v) is 7.66. The van der Waals surface area contributed by atoms with Gasteiger partial charge in [0, 0.05) is 12.3 Å². The molecule has 0 unspecified atom stereocenters. The van der Waals surface area contributed by atoms with Crippen LogP contribution in [0.2, 0.25) is 0 Å². The van der Waals surface area contributed by atoms with Crippen molar-refractivity contribution < 1.29 is 23.7 Å². The average Bonchev–Trinajstić information content (AvgIpc) is 3.07. The summed E-state index contributed by atoms with van der Waals surface area (Å²) in [6.45, 7) is 3.38. The van der Waals surface area contributed by atoms with Crippen LogP contribution in [0.5, 0.6) is 17.2 Å². The Bertz CT molecular complexity index is 703. The van der Waals surface area contributed by atoms with Crippen LogP contribution in [0, 0.1) is 0 Å². The van der Waals surface area contributed by atoms with Crippen molar-refractivity contribution in [3.63, 3.8) is 0 Å². The minimum absolute atomic E-state index is 0.244. The maximum absolute atomic E-state index is 11.5. The standard InChI is InChI=1S/C17H18N2O5/c1-2-21-17(20)12-3-6-16(19-10-12)18-7-8-22-13-4-5-14-15(9-13)24-11-23-14/h3-6,9-10H,2,7-8,11H2,1H3,(H,18,19). The largest absolute Gasteiger partial charge is 0.492 e. The Morgan fingerprint density at radius 1 is 1.25 bits per heavy atom. The van der Waals surface area contributed by atoms with Crippen molar-refractivity contribution in [2.75, 3.05) is 31.9 Å². The highest BCUT2D eigenvalue weighted by Crippen LogP contribution is 2.34. The molecule has 3 rings (SSSR count). The fourth-order valence-corrected chi connectivity index (χ4v) is 2.15. The predicted molar refractivity (Wildman–Crippen MR) is 86.7 cm³/mol. The monoisotopic (exact) mass is 330 g/mol. The molecule has 0 spiro atoms. The zero-order valence-electron chi connectivity index (χ0n) is 13.3. The van der Waals surface area contributed by atoms with Gasteiger partial charge in [-0.05, 0) is 31.2 Å². The summed E-state index contributed by atoms with van der Waals surface area (Å²) in [5, 5.41) is 3.12. The van der Waals surface area contributed by atoms with Crippen LogP contribution >= 0.6 is 0 Å². The number of pyridine rings is 1. The number of carbonyl (C=O) groups is 1. The maximum atomic E-state index is 11.5. The molecule has 0 amide bonds. The van der Waals surface area contributed by atoms with Gasteiger partial charge in [-0.25, -0.2) is 9.78 Å². The van der Waals surface area contributed by atoms with Crippen molar-refractivity contribution in [2.45, 2.75) is 6.92 Å². The Balaban J connectivity index is 1.44. The number of hydrogen-bond donors (Lipinski definition) is 1. The molecule has 0 saturated carbocycles. The lowest BCUT2D eigenvalue weighted by molar-refractivity contribution is 0.0526. The smallest absolute Gasteiger partial charge is 0.339 e. The van der Waals surface area contributed by atoms with Crippen molar-refractivity contribution in [3.8, 4) is 17.2 Å². The highest BCUT2D eigenvalue weighted by Gasteiger charge is 2.13. The van der Waals surface area contributed by atoms with Crippen LogP contribution in [0.3, 0.4) is 0 Å². The summed E-state index contributed by atoms with van der Waals surface area (Å²) in [5.74, 6) is 2.43. The van der Waals surface area contributed by atoms with E-state index in [0.717, 1.165) is 5.75 Å². The molecule has 0 radical (unpaired) electrons. The van der Waals surface area contributed by atoms with Gasteiger partial charge in [0.25, 0.3) is 0 Å². The first kappa shape index (κ1) is 15.9. The molecule has 7 heteroatoms. The summed E-state index contributed by atoms with van der Waals surface area (Å²) in [5.41, 5.74) is 0.430. The molecule has 1 aliphatic heterocycles. The van der Waals surface area contributed by atoms with Gasteiger partial charge in [-0.3, -0.25) is 0 Å². The predicted octanol–water partition coefficient (Wildman–Crippen LogP) is 2.48. The Hall–Kier alpha value is -2.96. The lowest BCUT2D eigenvalue weighted by atomic mass is 10.3. The second kappa shape index (κ2) is 7.54. The van der Waals surface area contributed by atoms with Gasteiger partial charge in [-0.1, -0.05) is 0 Å². The van der Waals surface area contributed by atoms with Crippen molar-refractivity contribution in [1.82, 2.24) is 4.98 Å². The highest BCUT2D eigenvalue weighted by molar-refractivity contribution is 5.89. The normalized spacial score (nSPS) is 11.9. The maximum Gasteiger partial charge on any atom is 0.339 e. The molecule has 0 bridgehead atoms. The minimum Gasteiger partial charge on any atom is -0.492 e. The highest BCUT2D eigenvalue weighted by atomic mass is 16.7. The first-order valence-electron chi connectivity index (χ1n) is 7.66. The second-order valence-electron chi connectivity index (χ2n) is 4.94. The number of nitrogens with zero attached hydrogens (tertiary/aromatic N) is 1. The summed E-state index contributed by atoms with van der Waals surface area (Å²) < 4.78 is 21.1. The molecular formula is C17H18N2O5. The number of rotatable bonds is 7. The number of ether oxygens (including phenoxy) is 4. The van der Waals surface area contributed by atoms with Gasteiger partial charge in [0.05, 0.1) is 18.7 Å². The third-order valence-corrected chi connectivity index (χ3v) is 3.30. The summed E-state index contributed by atoms with van der Waals surface area (Å²) >= 11 is 0. The van der Waals surface area contributed by atoms with E-state index in [4.69, 9.17) is 18.9 Å². The molecule has 2 heterocycles. The number of benzene rings is 1. The Morgan fingerprint density at radius 2 is 2.12 bits per heavy atom. The van der Waals surface area contributed by atoms with Crippen LogP contribution in [0.4, 0.5) is 5.82 Å². The van der Waals surface area contributed by atoms with Crippen LogP contribution < -0.4 is 19.5 Å². The van der Waals surface area contributed by atoms with Gasteiger partial charge in [-0.2, -0.15) is 0 Å². The fraction of sp³-hybridized carbons (Fsp3) is 0.294. The van der Waals surface area contributed by atoms with Crippen molar-refractivity contribution in [1.29, 1.82) is 0 Å². The molecule has 1 aromatic carbocycles. The minimum atomic E-state index is -0.373. The number of aromatic nitrogens is 1. The summed E-state index contributed by atoms with van der Waals surface area (Å²) in [6.07, 6.45) is 1.49. The number of nitrogens with one attached hydrogen (secondary N) is 1. The van der Waals surface area contributed by atoms with E-state index >= 15 is 0 Å². The van der Waals surface area contributed by atoms with Crippen molar-refractivity contribution in [2.24, 2.45) is 0 Å². The van der Waals surface area contributed by atoms with Gasteiger partial charge in [0.15, 0.2) is 11.5 Å². The zero-order valence-corrected chi connectivity index (χ0v) is 13.3. The van der Waals surface area contributed by atoms with Gasteiger partial charge in [-0.15, -0.1) is 0 Å². The number of hydrogen-bond acceptors (Lipinski definition) is 7. The summed E-state index contributed by atoms with van der Waals surface area (Å²) in [4.78, 5) is 15.7. The van der Waals surface area contributed by atoms with Crippen molar-refractivity contribution in [3.05, 3.63) is 42.1 Å². The lowest BCUT2D eigenvalue weighted by Gasteiger charge is -2.09. The number of anilines is 1. The second-order valence-corrected chi connectivity index (χ2v) is 4.94. The third kappa shape index (κ3) is 3.87. The van der Waals surface area contributed by atoms with E-state index in [2.05, 4.69) is 10.3 Å². The van der Waals surface area contributed by atoms with Gasteiger partial charge >= 0.3 is 5.97 Å². The van der Waals surface area contributed by atoms with E-state index in [1.807, 2.05) is 12.1 Å². The SMILES string of the molecule is CCOC(=O)c1ccc(NCCOc2ccc3c(c2)OCO3)nc1. The molecule has 1 N–H and O–H groups in total. The van der Waals surface area contributed by atoms with E-state index in [1.165, 1.54) is 6.20 Å². The van der Waals surface area contributed by atoms with E-state index in [0.29, 0.717) is 42.6 Å². The van der Waals surface area contributed by atoms with Gasteiger partial charge in [0.1, 0.15) is 18.2 Å². The zero-order chi connectivity index (χ0) is 16.8. The molecule has 126 valence electrons. The first-order chi connectivity index (χ1) is 11.8. The third-order valence-electron chi connectivity index (χ3n) is 3.30. The van der Waals surface area contributed by atoms with E-state index < -0.39 is 0 Å². The van der Waals surface area contributed by atoms with Gasteiger partial charge in [0.2, 0.25) is 6.79 Å². The Kier molecular flexibility index (Phi) is 5.00. The molecule has 0 aliphatic carbocycles. The molecule has 7 nitrogen and oxygen atoms in total. The topological polar surface area (TPSA) is 78.9 Å².